The second-order valence-corrected chi connectivity index (χ2v) is 8.30. The minimum Gasteiger partial charge on any atom is -0.496 e. The van der Waals surface area contributed by atoms with Gasteiger partial charge in [-0.1, -0.05) is 37.1 Å². The van der Waals surface area contributed by atoms with Gasteiger partial charge in [0.15, 0.2) is 0 Å². The van der Waals surface area contributed by atoms with E-state index >= 15 is 0 Å². The van der Waals surface area contributed by atoms with Gasteiger partial charge in [0.25, 0.3) is 5.91 Å². The van der Waals surface area contributed by atoms with E-state index in [1.54, 1.807) is 25.4 Å². The number of anilines is 1. The normalized spacial score (nSPS) is 18.2. The van der Waals surface area contributed by atoms with Gasteiger partial charge in [0.1, 0.15) is 5.75 Å². The summed E-state index contributed by atoms with van der Waals surface area (Å²) in [5, 5.41) is 13.7. The first-order valence-electron chi connectivity index (χ1n) is 11.2. The van der Waals surface area contributed by atoms with Gasteiger partial charge >= 0.3 is 0 Å². The van der Waals surface area contributed by atoms with Gasteiger partial charge < -0.3 is 14.4 Å². The zero-order chi connectivity index (χ0) is 22.8. The van der Waals surface area contributed by atoms with Crippen LogP contribution < -0.4 is 10.1 Å². The van der Waals surface area contributed by atoms with Crippen molar-refractivity contribution in [2.45, 2.75) is 37.8 Å². The summed E-state index contributed by atoms with van der Waals surface area (Å²) in [5.41, 5.74) is 3.62. The van der Waals surface area contributed by atoms with E-state index in [9.17, 15) is 9.90 Å². The molecule has 1 amide bonds. The number of methoxy groups -OCH3 is 1. The van der Waals surface area contributed by atoms with Crippen LogP contribution in [0, 0.1) is 0 Å². The van der Waals surface area contributed by atoms with Crippen LogP contribution >= 0.6 is 0 Å². The van der Waals surface area contributed by atoms with E-state index in [1.165, 1.54) is 0 Å². The summed E-state index contributed by atoms with van der Waals surface area (Å²) in [6, 6.07) is 18.6. The minimum atomic E-state index is -0.468. The molecule has 0 spiro atoms. The third kappa shape index (κ3) is 4.07. The van der Waals surface area contributed by atoms with Gasteiger partial charge in [-0.2, -0.15) is 0 Å². The highest BCUT2D eigenvalue weighted by Gasteiger charge is 2.29. The van der Waals surface area contributed by atoms with Crippen molar-refractivity contribution in [3.63, 3.8) is 0 Å². The fourth-order valence-corrected chi connectivity index (χ4v) is 4.61. The van der Waals surface area contributed by atoms with Crippen molar-refractivity contribution in [3.05, 3.63) is 72.4 Å². The zero-order valence-corrected chi connectivity index (χ0v) is 18.4. The zero-order valence-electron chi connectivity index (χ0n) is 18.4. The Morgan fingerprint density at radius 3 is 2.73 bits per heavy atom. The summed E-state index contributed by atoms with van der Waals surface area (Å²) in [6.45, 7) is 0. The number of aromatic nitrogens is 3. The van der Waals surface area contributed by atoms with Gasteiger partial charge in [-0.3, -0.25) is 15.1 Å². The monoisotopic (exact) mass is 442 g/mol. The molecule has 0 aliphatic heterocycles. The number of aliphatic hydroxyl groups excluding tert-OH is 1. The Morgan fingerprint density at radius 1 is 1.09 bits per heavy atom. The molecule has 0 saturated heterocycles. The number of rotatable bonds is 5. The lowest BCUT2D eigenvalue weighted by molar-refractivity contribution is 0.0779. The number of fused-ring (bicyclic) bond motifs is 1. The molecule has 33 heavy (non-hydrogen) atoms. The van der Waals surface area contributed by atoms with Crippen molar-refractivity contribution < 1.29 is 14.6 Å². The lowest BCUT2D eigenvalue weighted by Gasteiger charge is -2.30. The van der Waals surface area contributed by atoms with Crippen molar-refractivity contribution in [2.75, 3.05) is 12.4 Å². The first kappa shape index (κ1) is 21.2. The molecule has 1 aliphatic rings. The molecule has 7 heteroatoms. The maximum Gasteiger partial charge on any atom is 0.258 e. The summed E-state index contributed by atoms with van der Waals surface area (Å²) in [7, 11) is 1.61. The number of para-hydroxylation sites is 3. The van der Waals surface area contributed by atoms with Gasteiger partial charge in [0, 0.05) is 17.3 Å². The molecule has 4 aromatic rings. The van der Waals surface area contributed by atoms with E-state index in [1.807, 2.05) is 53.1 Å². The molecule has 0 radical (unpaired) electrons. The number of aliphatic hydroxyl groups is 1. The molecule has 5 rings (SSSR count). The lowest BCUT2D eigenvalue weighted by Crippen LogP contribution is -2.29. The fourth-order valence-electron chi connectivity index (χ4n) is 4.61. The van der Waals surface area contributed by atoms with Crippen LogP contribution in [0.2, 0.25) is 0 Å². The highest BCUT2D eigenvalue weighted by Crippen LogP contribution is 2.35. The number of pyridine rings is 1. The van der Waals surface area contributed by atoms with Crippen LogP contribution in [0.25, 0.3) is 22.3 Å². The summed E-state index contributed by atoms with van der Waals surface area (Å²) in [5.74, 6) is 0.855. The van der Waals surface area contributed by atoms with E-state index in [4.69, 9.17) is 4.74 Å². The van der Waals surface area contributed by atoms with Gasteiger partial charge in [-0.15, -0.1) is 0 Å². The quantitative estimate of drug-likeness (QED) is 0.462. The van der Waals surface area contributed by atoms with E-state index in [0.717, 1.165) is 42.3 Å². The summed E-state index contributed by atoms with van der Waals surface area (Å²) in [6.07, 6.45) is 4.78. The standard InChI is InChI=1S/C26H26N4O3/c1-33-24-13-7-2-8-18(24)20-16-17(14-15-27-20)25(32)29-26-28-19-9-3-4-10-21(19)30(26)22-11-5-6-12-23(22)31/h2-4,7-10,13-16,22-23,31H,5-6,11-12H2,1H3,(H,28,29,32)/t22-,23+/m0/s1. The molecule has 2 N–H and O–H groups in total. The average molecular weight is 443 g/mol. The van der Waals surface area contributed by atoms with Crippen LogP contribution in [-0.2, 0) is 0 Å². The van der Waals surface area contributed by atoms with Crippen molar-refractivity contribution in [1.29, 1.82) is 0 Å². The predicted octanol–water partition coefficient (Wildman–Crippen LogP) is 4.84. The third-order valence-corrected chi connectivity index (χ3v) is 6.25. The Kier molecular flexibility index (Phi) is 5.79. The smallest absolute Gasteiger partial charge is 0.258 e. The number of imidazole rings is 1. The van der Waals surface area contributed by atoms with Crippen molar-refractivity contribution >= 4 is 22.9 Å². The molecular weight excluding hydrogens is 416 g/mol. The van der Waals surface area contributed by atoms with E-state index in [2.05, 4.69) is 15.3 Å². The minimum absolute atomic E-state index is 0.122. The van der Waals surface area contributed by atoms with Gasteiger partial charge in [0.05, 0.1) is 36.0 Å². The third-order valence-electron chi connectivity index (χ3n) is 6.25. The Labute approximate surface area is 192 Å². The molecule has 1 aliphatic carbocycles. The molecule has 0 bridgehead atoms. The number of hydrogen-bond donors (Lipinski definition) is 2. The first-order valence-corrected chi connectivity index (χ1v) is 11.2. The summed E-state index contributed by atoms with van der Waals surface area (Å²) < 4.78 is 7.43. The maximum atomic E-state index is 13.3. The van der Waals surface area contributed by atoms with E-state index < -0.39 is 6.10 Å². The average Bonchev–Trinajstić information content (AvgIpc) is 3.22. The molecule has 2 aromatic carbocycles. The first-order chi connectivity index (χ1) is 16.2. The topological polar surface area (TPSA) is 89.3 Å². The van der Waals surface area contributed by atoms with E-state index in [-0.39, 0.29) is 11.9 Å². The number of nitrogens with zero attached hydrogens (tertiary/aromatic N) is 3. The van der Waals surface area contributed by atoms with Gasteiger partial charge in [-0.25, -0.2) is 4.98 Å². The molecule has 2 aromatic heterocycles. The summed E-state index contributed by atoms with van der Waals surface area (Å²) >= 11 is 0. The van der Waals surface area contributed by atoms with Crippen LogP contribution in [-0.4, -0.2) is 38.8 Å². The predicted molar refractivity (Wildman–Crippen MR) is 127 cm³/mol. The Balaban J connectivity index is 1.50. The maximum absolute atomic E-state index is 13.3. The van der Waals surface area contributed by atoms with Crippen LogP contribution in [0.3, 0.4) is 0 Å². The molecular formula is C26H26N4O3. The second-order valence-electron chi connectivity index (χ2n) is 8.30. The van der Waals surface area contributed by atoms with E-state index in [0.29, 0.717) is 23.0 Å². The second kappa shape index (κ2) is 9.03. The summed E-state index contributed by atoms with van der Waals surface area (Å²) in [4.78, 5) is 22.4. The molecule has 1 saturated carbocycles. The highest BCUT2D eigenvalue weighted by molar-refractivity contribution is 6.04. The number of amides is 1. The number of carbonyl (C=O) groups excluding carboxylic acids is 1. The molecule has 2 atom stereocenters. The van der Waals surface area contributed by atoms with Gasteiger partial charge in [0.2, 0.25) is 5.95 Å². The SMILES string of the molecule is COc1ccccc1-c1cc(C(=O)Nc2nc3ccccc3n2[C@H]2CCCC[C@H]2O)ccn1. The largest absolute Gasteiger partial charge is 0.496 e. The number of benzene rings is 2. The molecule has 0 unspecified atom stereocenters. The number of hydrogen-bond acceptors (Lipinski definition) is 5. The van der Waals surface area contributed by atoms with Crippen LogP contribution in [0.15, 0.2) is 66.9 Å². The molecule has 1 fully saturated rings. The molecule has 7 nitrogen and oxygen atoms in total. The Hall–Kier alpha value is -3.71. The Bertz CT molecular complexity index is 1300. The molecule has 168 valence electrons. The van der Waals surface area contributed by atoms with Gasteiger partial charge in [-0.05, 0) is 49.2 Å². The fraction of sp³-hybridized carbons (Fsp3) is 0.269. The number of nitrogens with one attached hydrogen (secondary N) is 1. The van der Waals surface area contributed by atoms with Crippen molar-refractivity contribution in [1.82, 2.24) is 14.5 Å². The number of ether oxygens (including phenoxy) is 1. The Morgan fingerprint density at radius 2 is 1.88 bits per heavy atom. The van der Waals surface area contributed by atoms with Crippen LogP contribution in [0.1, 0.15) is 42.1 Å². The number of carbonyl (C=O) groups is 1. The van der Waals surface area contributed by atoms with Crippen LogP contribution in [0.4, 0.5) is 5.95 Å². The van der Waals surface area contributed by atoms with Crippen LogP contribution in [0.5, 0.6) is 5.75 Å². The molecule has 2 heterocycles. The lowest BCUT2D eigenvalue weighted by atomic mass is 9.92. The highest BCUT2D eigenvalue weighted by atomic mass is 16.5. The van der Waals surface area contributed by atoms with Crippen molar-refractivity contribution in [2.24, 2.45) is 0 Å². The van der Waals surface area contributed by atoms with Crippen molar-refractivity contribution in [3.8, 4) is 17.0 Å².